The second-order valence-corrected chi connectivity index (χ2v) is 2.97. The average Bonchev–Trinajstić information content (AvgIpc) is 2.04. The normalized spacial score (nSPS) is 17.2. The Morgan fingerprint density at radius 3 is 2.58 bits per heavy atom. The number of hydrogen-bond donors (Lipinski definition) is 2. The lowest BCUT2D eigenvalue weighted by Gasteiger charge is -2.13. The summed E-state index contributed by atoms with van der Waals surface area (Å²) in [7, 11) is 0. The Morgan fingerprint density at radius 2 is 2.17 bits per heavy atom. The van der Waals surface area contributed by atoms with Crippen LogP contribution in [0.4, 0.5) is 0 Å². The van der Waals surface area contributed by atoms with E-state index in [-0.39, 0.29) is 12.5 Å². The van der Waals surface area contributed by atoms with Crippen LogP contribution in [0, 0.1) is 5.92 Å². The van der Waals surface area contributed by atoms with Crippen molar-refractivity contribution in [1.29, 1.82) is 0 Å². The zero-order valence-corrected chi connectivity index (χ0v) is 7.53. The molecule has 0 fully saturated rings. The maximum absolute atomic E-state index is 10.2. The standard InChI is InChI=1S/C9H16O3/c1-7(6-11)5-8(2)9(12)3-4-10/h5-6,8-10,12H,3-4H2,1-2H3/b7-5+/t8-,9-/m0/s1. The molecule has 0 rings (SSSR count). The highest BCUT2D eigenvalue weighted by Crippen LogP contribution is 2.09. The van der Waals surface area contributed by atoms with E-state index in [0.717, 1.165) is 6.29 Å². The first-order chi connectivity index (χ1) is 5.61. The van der Waals surface area contributed by atoms with Crippen molar-refractivity contribution in [2.45, 2.75) is 26.4 Å². The van der Waals surface area contributed by atoms with E-state index in [1.54, 1.807) is 13.0 Å². The zero-order valence-electron chi connectivity index (χ0n) is 7.53. The highest BCUT2D eigenvalue weighted by atomic mass is 16.3. The molecule has 3 nitrogen and oxygen atoms in total. The van der Waals surface area contributed by atoms with Crippen LogP contribution in [-0.4, -0.2) is 29.2 Å². The van der Waals surface area contributed by atoms with E-state index < -0.39 is 6.10 Å². The molecule has 0 aliphatic carbocycles. The smallest absolute Gasteiger partial charge is 0.145 e. The van der Waals surface area contributed by atoms with Crippen molar-refractivity contribution in [1.82, 2.24) is 0 Å². The largest absolute Gasteiger partial charge is 0.396 e. The molecular weight excluding hydrogens is 156 g/mol. The van der Waals surface area contributed by atoms with Gasteiger partial charge in [0.25, 0.3) is 0 Å². The third kappa shape index (κ3) is 4.26. The van der Waals surface area contributed by atoms with E-state index >= 15 is 0 Å². The fourth-order valence-electron chi connectivity index (χ4n) is 0.960. The van der Waals surface area contributed by atoms with Gasteiger partial charge in [0.1, 0.15) is 6.29 Å². The summed E-state index contributed by atoms with van der Waals surface area (Å²) >= 11 is 0. The van der Waals surface area contributed by atoms with E-state index in [1.807, 2.05) is 6.92 Å². The van der Waals surface area contributed by atoms with E-state index in [9.17, 15) is 9.90 Å². The molecule has 0 saturated heterocycles. The third-order valence-electron chi connectivity index (χ3n) is 1.74. The number of carbonyl (C=O) groups is 1. The van der Waals surface area contributed by atoms with Gasteiger partial charge in [0, 0.05) is 12.5 Å². The van der Waals surface area contributed by atoms with Gasteiger partial charge >= 0.3 is 0 Å². The molecular formula is C9H16O3. The fraction of sp³-hybridized carbons (Fsp3) is 0.667. The molecule has 0 aromatic rings. The quantitative estimate of drug-likeness (QED) is 0.469. The molecule has 0 unspecified atom stereocenters. The van der Waals surface area contributed by atoms with Crippen molar-refractivity contribution < 1.29 is 15.0 Å². The Kier molecular flexibility index (Phi) is 5.58. The first-order valence-corrected chi connectivity index (χ1v) is 4.04. The van der Waals surface area contributed by atoms with Crippen LogP contribution in [0.25, 0.3) is 0 Å². The molecule has 0 aliphatic rings. The van der Waals surface area contributed by atoms with Crippen LogP contribution in [0.15, 0.2) is 11.6 Å². The Hall–Kier alpha value is -0.670. The zero-order chi connectivity index (χ0) is 9.56. The predicted octanol–water partition coefficient (Wildman–Crippen LogP) is 0.511. The molecule has 0 amide bonds. The summed E-state index contributed by atoms with van der Waals surface area (Å²) in [5.41, 5.74) is 0.611. The van der Waals surface area contributed by atoms with Crippen molar-refractivity contribution >= 4 is 6.29 Å². The van der Waals surface area contributed by atoms with E-state index in [4.69, 9.17) is 5.11 Å². The first-order valence-electron chi connectivity index (χ1n) is 4.04. The predicted molar refractivity (Wildman–Crippen MR) is 46.7 cm³/mol. The molecule has 0 spiro atoms. The minimum absolute atomic E-state index is 0.0283. The number of carbonyl (C=O) groups excluding carboxylic acids is 1. The summed E-state index contributed by atoms with van der Waals surface area (Å²) in [6, 6.07) is 0. The molecule has 2 N–H and O–H groups in total. The Balaban J connectivity index is 4.01. The number of allylic oxidation sites excluding steroid dienone is 1. The molecule has 0 heterocycles. The maximum atomic E-state index is 10.2. The molecule has 0 radical (unpaired) electrons. The van der Waals surface area contributed by atoms with Crippen molar-refractivity contribution in [3.05, 3.63) is 11.6 Å². The molecule has 70 valence electrons. The molecule has 2 atom stereocenters. The lowest BCUT2D eigenvalue weighted by atomic mass is 10.00. The SMILES string of the molecule is C/C(C=O)=C\[C@H](C)[C@@H](O)CCO. The van der Waals surface area contributed by atoms with Gasteiger partial charge in [-0.3, -0.25) is 4.79 Å². The van der Waals surface area contributed by atoms with Crippen molar-refractivity contribution in [2.75, 3.05) is 6.61 Å². The van der Waals surface area contributed by atoms with E-state index in [1.165, 1.54) is 0 Å². The second-order valence-electron chi connectivity index (χ2n) is 2.97. The van der Waals surface area contributed by atoms with Gasteiger partial charge in [-0.2, -0.15) is 0 Å². The highest BCUT2D eigenvalue weighted by molar-refractivity contribution is 5.72. The third-order valence-corrected chi connectivity index (χ3v) is 1.74. The van der Waals surface area contributed by atoms with Crippen LogP contribution in [-0.2, 0) is 4.79 Å². The minimum atomic E-state index is -0.565. The van der Waals surface area contributed by atoms with Crippen molar-refractivity contribution in [2.24, 2.45) is 5.92 Å². The average molecular weight is 172 g/mol. The van der Waals surface area contributed by atoms with Gasteiger partial charge in [0.15, 0.2) is 0 Å². The van der Waals surface area contributed by atoms with Gasteiger partial charge in [0.05, 0.1) is 6.10 Å². The van der Waals surface area contributed by atoms with Gasteiger partial charge in [-0.25, -0.2) is 0 Å². The molecule has 0 aromatic carbocycles. The topological polar surface area (TPSA) is 57.5 Å². The summed E-state index contributed by atoms with van der Waals surface area (Å²) in [5, 5.41) is 17.9. The Bertz CT molecular complexity index is 163. The van der Waals surface area contributed by atoms with Gasteiger partial charge < -0.3 is 10.2 Å². The van der Waals surface area contributed by atoms with Crippen LogP contribution in [0.2, 0.25) is 0 Å². The first kappa shape index (κ1) is 11.3. The Morgan fingerprint density at radius 1 is 1.58 bits per heavy atom. The van der Waals surface area contributed by atoms with Gasteiger partial charge in [-0.15, -0.1) is 0 Å². The summed E-state index contributed by atoms with van der Waals surface area (Å²) < 4.78 is 0. The van der Waals surface area contributed by atoms with Crippen LogP contribution < -0.4 is 0 Å². The molecule has 0 saturated carbocycles. The number of rotatable bonds is 5. The molecule has 0 aliphatic heterocycles. The summed E-state index contributed by atoms with van der Waals surface area (Å²) in [6.07, 6.45) is 2.24. The van der Waals surface area contributed by atoms with Gasteiger partial charge in [-0.1, -0.05) is 13.0 Å². The highest BCUT2D eigenvalue weighted by Gasteiger charge is 2.10. The molecule has 12 heavy (non-hydrogen) atoms. The fourth-order valence-corrected chi connectivity index (χ4v) is 0.960. The number of aliphatic hydroxyl groups excluding tert-OH is 2. The number of aldehydes is 1. The van der Waals surface area contributed by atoms with E-state index in [0.29, 0.717) is 12.0 Å². The van der Waals surface area contributed by atoms with Crippen molar-refractivity contribution in [3.63, 3.8) is 0 Å². The lowest BCUT2D eigenvalue weighted by molar-refractivity contribution is -0.104. The second kappa shape index (κ2) is 5.91. The maximum Gasteiger partial charge on any atom is 0.145 e. The van der Waals surface area contributed by atoms with E-state index in [2.05, 4.69) is 0 Å². The summed E-state index contributed by atoms with van der Waals surface area (Å²) in [5.74, 6) is -0.0812. The monoisotopic (exact) mass is 172 g/mol. The summed E-state index contributed by atoms with van der Waals surface area (Å²) in [6.45, 7) is 3.47. The summed E-state index contributed by atoms with van der Waals surface area (Å²) in [4.78, 5) is 10.2. The number of aliphatic hydroxyl groups is 2. The molecule has 0 aromatic heterocycles. The molecule has 0 bridgehead atoms. The van der Waals surface area contributed by atoms with Gasteiger partial charge in [-0.05, 0) is 18.9 Å². The van der Waals surface area contributed by atoms with Crippen LogP contribution >= 0.6 is 0 Å². The van der Waals surface area contributed by atoms with Crippen LogP contribution in [0.3, 0.4) is 0 Å². The minimum Gasteiger partial charge on any atom is -0.396 e. The van der Waals surface area contributed by atoms with Crippen LogP contribution in [0.5, 0.6) is 0 Å². The Labute approximate surface area is 72.7 Å². The van der Waals surface area contributed by atoms with Gasteiger partial charge in [0.2, 0.25) is 0 Å². The van der Waals surface area contributed by atoms with Crippen LogP contribution in [0.1, 0.15) is 20.3 Å². The lowest BCUT2D eigenvalue weighted by Crippen LogP contribution is -2.17. The molecule has 3 heteroatoms. The van der Waals surface area contributed by atoms with Crippen molar-refractivity contribution in [3.8, 4) is 0 Å². The number of hydrogen-bond acceptors (Lipinski definition) is 3.